The first-order valence-corrected chi connectivity index (χ1v) is 10.3. The molecule has 3 N–H and O–H groups in total. The Morgan fingerprint density at radius 2 is 1.79 bits per heavy atom. The van der Waals surface area contributed by atoms with Crippen molar-refractivity contribution < 1.29 is 9.59 Å². The molecule has 28 heavy (non-hydrogen) atoms. The van der Waals surface area contributed by atoms with Gasteiger partial charge in [0.15, 0.2) is 4.34 Å². The highest BCUT2D eigenvalue weighted by atomic mass is 32.2. The van der Waals surface area contributed by atoms with Crippen LogP contribution >= 0.6 is 23.1 Å². The van der Waals surface area contributed by atoms with Crippen molar-refractivity contribution in [1.29, 1.82) is 0 Å². The SMILES string of the molecule is Cc1ccc(Nc2nnc(SCC(=O)NC(=O)NCc3ccccc3)s2)cc1. The van der Waals surface area contributed by atoms with Gasteiger partial charge in [0, 0.05) is 12.2 Å². The van der Waals surface area contributed by atoms with Gasteiger partial charge in [-0.3, -0.25) is 10.1 Å². The Bertz CT molecular complexity index is 929. The number of aryl methyl sites for hydroxylation is 1. The average Bonchev–Trinajstić information content (AvgIpc) is 3.15. The number of nitrogens with zero attached hydrogens (tertiary/aromatic N) is 2. The minimum Gasteiger partial charge on any atom is -0.334 e. The summed E-state index contributed by atoms with van der Waals surface area (Å²) in [6, 6.07) is 16.9. The molecule has 0 saturated carbocycles. The third kappa shape index (κ3) is 6.36. The van der Waals surface area contributed by atoms with Crippen molar-refractivity contribution in [3.05, 3.63) is 65.7 Å². The molecule has 1 heterocycles. The summed E-state index contributed by atoms with van der Waals surface area (Å²) in [6.45, 7) is 2.38. The molecular formula is C19H19N5O2S2. The largest absolute Gasteiger partial charge is 0.334 e. The van der Waals surface area contributed by atoms with Crippen LogP contribution in [0.2, 0.25) is 0 Å². The molecule has 1 aromatic heterocycles. The van der Waals surface area contributed by atoms with E-state index in [2.05, 4.69) is 26.1 Å². The Hall–Kier alpha value is -2.91. The highest BCUT2D eigenvalue weighted by Crippen LogP contribution is 2.27. The van der Waals surface area contributed by atoms with Crippen molar-refractivity contribution in [2.75, 3.05) is 11.1 Å². The second-order valence-electron chi connectivity index (χ2n) is 5.87. The molecule has 144 valence electrons. The number of carbonyl (C=O) groups excluding carboxylic acids is 2. The molecule has 9 heteroatoms. The number of rotatable bonds is 7. The number of benzene rings is 2. The molecule has 0 fully saturated rings. The minimum atomic E-state index is -0.520. The van der Waals surface area contributed by atoms with E-state index in [9.17, 15) is 9.59 Å². The van der Waals surface area contributed by atoms with Gasteiger partial charge >= 0.3 is 6.03 Å². The van der Waals surface area contributed by atoms with E-state index in [-0.39, 0.29) is 11.7 Å². The molecule has 3 rings (SSSR count). The third-order valence-corrected chi connectivity index (χ3v) is 5.56. The van der Waals surface area contributed by atoms with Crippen LogP contribution in [0, 0.1) is 6.92 Å². The standard InChI is InChI=1S/C19H19N5O2S2/c1-13-7-9-15(10-8-13)21-18-23-24-19(28-18)27-12-16(25)22-17(26)20-11-14-5-3-2-4-6-14/h2-10H,11-12H2,1H3,(H,21,23)(H2,20,22,25,26). The summed E-state index contributed by atoms with van der Waals surface area (Å²) in [4.78, 5) is 23.7. The van der Waals surface area contributed by atoms with E-state index < -0.39 is 6.03 Å². The summed E-state index contributed by atoms with van der Waals surface area (Å²) in [6.07, 6.45) is 0. The van der Waals surface area contributed by atoms with Crippen molar-refractivity contribution in [1.82, 2.24) is 20.8 Å². The number of urea groups is 1. The van der Waals surface area contributed by atoms with Gasteiger partial charge in [-0.25, -0.2) is 4.79 Å². The second-order valence-corrected chi connectivity index (χ2v) is 8.07. The van der Waals surface area contributed by atoms with Crippen LogP contribution in [0.15, 0.2) is 58.9 Å². The highest BCUT2D eigenvalue weighted by Gasteiger charge is 2.11. The Morgan fingerprint density at radius 3 is 2.54 bits per heavy atom. The molecule has 2 aromatic carbocycles. The van der Waals surface area contributed by atoms with E-state index >= 15 is 0 Å². The maximum atomic E-state index is 11.9. The first-order valence-electron chi connectivity index (χ1n) is 8.50. The zero-order chi connectivity index (χ0) is 19.8. The molecule has 0 radical (unpaired) electrons. The molecule has 0 aliphatic carbocycles. The first kappa shape index (κ1) is 19.8. The Balaban J connectivity index is 1.40. The van der Waals surface area contributed by atoms with Gasteiger partial charge in [0.1, 0.15) is 0 Å². The predicted molar refractivity (Wildman–Crippen MR) is 112 cm³/mol. The molecule has 3 aromatic rings. The van der Waals surface area contributed by atoms with Gasteiger partial charge in [-0.2, -0.15) is 0 Å². The van der Waals surface area contributed by atoms with Crippen LogP contribution in [0.3, 0.4) is 0 Å². The molecule has 7 nitrogen and oxygen atoms in total. The van der Waals surface area contributed by atoms with Crippen molar-refractivity contribution in [2.45, 2.75) is 17.8 Å². The van der Waals surface area contributed by atoms with Crippen molar-refractivity contribution in [2.24, 2.45) is 0 Å². The molecule has 0 aliphatic heterocycles. The van der Waals surface area contributed by atoms with Crippen LogP contribution < -0.4 is 16.0 Å². The number of carbonyl (C=O) groups is 2. The normalized spacial score (nSPS) is 10.3. The van der Waals surface area contributed by atoms with Gasteiger partial charge in [0.25, 0.3) is 0 Å². The van der Waals surface area contributed by atoms with Gasteiger partial charge in [0.05, 0.1) is 5.75 Å². The van der Waals surface area contributed by atoms with Gasteiger partial charge in [-0.05, 0) is 24.6 Å². The number of hydrogen-bond acceptors (Lipinski definition) is 7. The van der Waals surface area contributed by atoms with Crippen LogP contribution in [-0.4, -0.2) is 27.9 Å². The minimum absolute atomic E-state index is 0.0813. The Kier molecular flexibility index (Phi) is 6.99. The molecule has 3 amide bonds. The Morgan fingerprint density at radius 1 is 1.04 bits per heavy atom. The molecule has 0 atom stereocenters. The van der Waals surface area contributed by atoms with Gasteiger partial charge in [-0.15, -0.1) is 10.2 Å². The van der Waals surface area contributed by atoms with E-state index in [0.717, 1.165) is 11.3 Å². The highest BCUT2D eigenvalue weighted by molar-refractivity contribution is 8.01. The summed E-state index contributed by atoms with van der Waals surface area (Å²) < 4.78 is 0.648. The number of hydrogen-bond donors (Lipinski definition) is 3. The number of nitrogens with one attached hydrogen (secondary N) is 3. The molecule has 0 spiro atoms. The van der Waals surface area contributed by atoms with Crippen molar-refractivity contribution in [3.63, 3.8) is 0 Å². The smallest absolute Gasteiger partial charge is 0.321 e. The molecule has 0 aliphatic rings. The summed E-state index contributed by atoms with van der Waals surface area (Å²) >= 11 is 2.58. The number of imide groups is 1. The van der Waals surface area contributed by atoms with Gasteiger partial charge in [-0.1, -0.05) is 71.1 Å². The zero-order valence-corrected chi connectivity index (χ0v) is 16.8. The number of anilines is 2. The fourth-order valence-corrected chi connectivity index (χ4v) is 3.76. The number of aromatic nitrogens is 2. The summed E-state index contributed by atoms with van der Waals surface area (Å²) in [5.74, 6) is -0.309. The lowest BCUT2D eigenvalue weighted by Gasteiger charge is -2.06. The number of amides is 3. The van der Waals surface area contributed by atoms with E-state index in [1.54, 1.807) is 0 Å². The molecule has 0 bridgehead atoms. The Labute approximate surface area is 171 Å². The molecule has 0 saturated heterocycles. The lowest BCUT2D eigenvalue weighted by atomic mass is 10.2. The summed E-state index contributed by atoms with van der Waals surface area (Å²) in [5.41, 5.74) is 3.06. The van der Waals surface area contributed by atoms with Crippen molar-refractivity contribution in [3.8, 4) is 0 Å². The van der Waals surface area contributed by atoms with Crippen LogP contribution in [0.5, 0.6) is 0 Å². The second kappa shape index (κ2) is 9.86. The van der Waals surface area contributed by atoms with E-state index in [1.807, 2.05) is 61.5 Å². The third-order valence-electron chi connectivity index (χ3n) is 3.58. The van der Waals surface area contributed by atoms with E-state index in [0.29, 0.717) is 16.0 Å². The van der Waals surface area contributed by atoms with Crippen molar-refractivity contribution >= 4 is 45.9 Å². The zero-order valence-electron chi connectivity index (χ0n) is 15.1. The lowest BCUT2D eigenvalue weighted by Crippen LogP contribution is -2.39. The van der Waals surface area contributed by atoms with E-state index in [4.69, 9.17) is 0 Å². The fourth-order valence-electron chi connectivity index (χ4n) is 2.19. The maximum Gasteiger partial charge on any atom is 0.321 e. The van der Waals surface area contributed by atoms with Crippen LogP contribution in [0.25, 0.3) is 0 Å². The van der Waals surface area contributed by atoms with Crippen LogP contribution in [-0.2, 0) is 11.3 Å². The maximum absolute atomic E-state index is 11.9. The van der Waals surface area contributed by atoms with Gasteiger partial charge in [0.2, 0.25) is 11.0 Å². The van der Waals surface area contributed by atoms with Gasteiger partial charge < -0.3 is 10.6 Å². The number of thioether (sulfide) groups is 1. The monoisotopic (exact) mass is 413 g/mol. The molecular weight excluding hydrogens is 394 g/mol. The predicted octanol–water partition coefficient (Wildman–Crippen LogP) is 3.71. The lowest BCUT2D eigenvalue weighted by molar-refractivity contribution is -0.117. The quantitative estimate of drug-likeness (QED) is 0.511. The summed E-state index contributed by atoms with van der Waals surface area (Å²) in [5, 5.41) is 16.9. The fraction of sp³-hybridized carbons (Fsp3) is 0.158. The topological polar surface area (TPSA) is 96.0 Å². The first-order chi connectivity index (χ1) is 13.6. The average molecular weight is 414 g/mol. The summed E-state index contributed by atoms with van der Waals surface area (Å²) in [7, 11) is 0. The van der Waals surface area contributed by atoms with E-state index in [1.165, 1.54) is 28.7 Å². The van der Waals surface area contributed by atoms with Crippen LogP contribution in [0.1, 0.15) is 11.1 Å². The van der Waals surface area contributed by atoms with Crippen LogP contribution in [0.4, 0.5) is 15.6 Å². The molecule has 0 unspecified atom stereocenters.